The molecular formula is C52H90NO10P. The van der Waals surface area contributed by atoms with Gasteiger partial charge in [0.15, 0.2) is 6.10 Å². The first-order valence-corrected chi connectivity index (χ1v) is 26.5. The Morgan fingerprint density at radius 1 is 0.500 bits per heavy atom. The van der Waals surface area contributed by atoms with Crippen molar-refractivity contribution in [2.45, 2.75) is 219 Å². The van der Waals surface area contributed by atoms with E-state index in [0.29, 0.717) is 12.8 Å². The van der Waals surface area contributed by atoms with Crippen LogP contribution in [0, 0.1) is 0 Å². The van der Waals surface area contributed by atoms with Gasteiger partial charge in [0.25, 0.3) is 0 Å². The molecule has 0 bridgehead atoms. The van der Waals surface area contributed by atoms with Crippen molar-refractivity contribution < 1.29 is 47.5 Å². The molecule has 0 aliphatic carbocycles. The Hall–Kier alpha value is -3.08. The van der Waals surface area contributed by atoms with E-state index in [1.807, 2.05) is 0 Å². The molecule has 0 aromatic heterocycles. The van der Waals surface area contributed by atoms with E-state index in [0.717, 1.165) is 70.6 Å². The molecule has 0 radical (unpaired) electrons. The van der Waals surface area contributed by atoms with Crippen molar-refractivity contribution in [2.75, 3.05) is 19.8 Å². The fourth-order valence-corrected chi connectivity index (χ4v) is 7.34. The molecule has 0 aromatic carbocycles. The second-order valence-corrected chi connectivity index (χ2v) is 18.0. The number of phosphoric ester groups is 1. The van der Waals surface area contributed by atoms with Gasteiger partial charge in [-0.2, -0.15) is 0 Å². The molecular weight excluding hydrogens is 830 g/mol. The number of phosphoric acid groups is 1. The minimum atomic E-state index is -4.74. The molecule has 64 heavy (non-hydrogen) atoms. The SMILES string of the molecule is CC/C=C\C/C=C\C/C=C\C/C=C\C/C=C\CCCCCC(=O)OC(COC(=O)CCCCCCCCCCC/C=C\CCCCCCCCCC)COP(=O)(O)OCC(N)C(=O)O. The maximum atomic E-state index is 12.7. The minimum Gasteiger partial charge on any atom is -0.480 e. The summed E-state index contributed by atoms with van der Waals surface area (Å²) < 4.78 is 32.8. The summed E-state index contributed by atoms with van der Waals surface area (Å²) in [6, 6.07) is -1.53. The molecule has 11 nitrogen and oxygen atoms in total. The van der Waals surface area contributed by atoms with Gasteiger partial charge in [0.1, 0.15) is 12.6 Å². The highest BCUT2D eigenvalue weighted by Gasteiger charge is 2.28. The molecule has 0 rings (SSSR count). The second kappa shape index (κ2) is 46.4. The number of aliphatic carboxylic acids is 1. The molecule has 0 spiro atoms. The van der Waals surface area contributed by atoms with Gasteiger partial charge in [-0.3, -0.25) is 23.4 Å². The Morgan fingerprint density at radius 2 is 0.875 bits per heavy atom. The molecule has 0 heterocycles. The van der Waals surface area contributed by atoms with Crippen molar-refractivity contribution >= 4 is 25.7 Å². The Labute approximate surface area is 389 Å². The van der Waals surface area contributed by atoms with Crippen LogP contribution in [0.2, 0.25) is 0 Å². The van der Waals surface area contributed by atoms with Crippen molar-refractivity contribution in [2.24, 2.45) is 5.73 Å². The molecule has 12 heteroatoms. The highest BCUT2D eigenvalue weighted by Crippen LogP contribution is 2.43. The number of carboxylic acid groups (broad SMARTS) is 1. The van der Waals surface area contributed by atoms with Crippen LogP contribution in [-0.4, -0.2) is 59.9 Å². The summed E-state index contributed by atoms with van der Waals surface area (Å²) in [6.45, 7) is 2.67. The van der Waals surface area contributed by atoms with Crippen LogP contribution in [0.4, 0.5) is 0 Å². The average molecular weight is 920 g/mol. The molecule has 4 N–H and O–H groups in total. The lowest BCUT2D eigenvalue weighted by Crippen LogP contribution is -2.34. The Bertz CT molecular complexity index is 1360. The lowest BCUT2D eigenvalue weighted by atomic mass is 10.1. The number of hydrogen-bond donors (Lipinski definition) is 3. The molecule has 0 saturated carbocycles. The van der Waals surface area contributed by atoms with Gasteiger partial charge in [-0.1, -0.05) is 183 Å². The Kier molecular flexibility index (Phi) is 44.2. The van der Waals surface area contributed by atoms with Crippen LogP contribution in [0.25, 0.3) is 0 Å². The topological polar surface area (TPSA) is 172 Å². The Balaban J connectivity index is 4.33. The maximum absolute atomic E-state index is 12.7. The standard InChI is InChI=1S/C52H90NO10P/c1-3-5-7-9-11-13-15-17-19-21-23-24-26-27-29-31-33-35-37-39-41-43-50(54)60-45-48(46-61-64(58,59)62-47-49(53)52(56)57)63-51(55)44-42-40-38-36-34-32-30-28-25-22-20-18-16-14-12-10-8-6-4-2/h6,8,12,14,18,20-21,23,25,28,32,34,48-49H,3-5,7,9-11,13,15-17,19,22,24,26-27,29-31,33,35-47,53H2,1-2H3,(H,56,57)(H,58,59)/b8-6-,14-12-,20-18-,23-21-,28-25-,34-32-. The van der Waals surface area contributed by atoms with E-state index in [4.69, 9.17) is 24.8 Å². The largest absolute Gasteiger partial charge is 0.480 e. The molecule has 0 fully saturated rings. The highest BCUT2D eigenvalue weighted by atomic mass is 31.2. The summed E-state index contributed by atoms with van der Waals surface area (Å²) >= 11 is 0. The van der Waals surface area contributed by atoms with Gasteiger partial charge in [0.05, 0.1) is 13.2 Å². The van der Waals surface area contributed by atoms with Crippen LogP contribution in [0.15, 0.2) is 72.9 Å². The van der Waals surface area contributed by atoms with Gasteiger partial charge in [0.2, 0.25) is 0 Å². The van der Waals surface area contributed by atoms with Crippen molar-refractivity contribution in [3.05, 3.63) is 72.9 Å². The van der Waals surface area contributed by atoms with Gasteiger partial charge in [-0.05, 0) is 83.5 Å². The fourth-order valence-electron chi connectivity index (χ4n) is 6.56. The van der Waals surface area contributed by atoms with Gasteiger partial charge in [-0.25, -0.2) is 4.57 Å². The number of carbonyl (C=O) groups is 3. The highest BCUT2D eigenvalue weighted by molar-refractivity contribution is 7.47. The molecule has 0 aromatic rings. The molecule has 368 valence electrons. The van der Waals surface area contributed by atoms with E-state index in [2.05, 4.69) is 91.3 Å². The number of carbonyl (C=O) groups excluding carboxylic acids is 2. The quantitative estimate of drug-likeness (QED) is 0.0230. The first kappa shape index (κ1) is 60.9. The third-order valence-corrected chi connectivity index (χ3v) is 11.4. The predicted octanol–water partition coefficient (Wildman–Crippen LogP) is 14.1. The molecule has 0 amide bonds. The molecule has 0 saturated heterocycles. The lowest BCUT2D eigenvalue weighted by molar-refractivity contribution is -0.161. The predicted molar refractivity (Wildman–Crippen MR) is 263 cm³/mol. The number of carboxylic acids is 1. The number of unbranched alkanes of at least 4 members (excludes halogenated alkanes) is 20. The summed E-state index contributed by atoms with van der Waals surface area (Å²) in [6.07, 6.45) is 56.8. The van der Waals surface area contributed by atoms with E-state index in [1.54, 1.807) is 0 Å². The fraction of sp³-hybridized carbons (Fsp3) is 0.712. The molecule has 3 unspecified atom stereocenters. The summed E-state index contributed by atoms with van der Waals surface area (Å²) in [5, 5.41) is 8.92. The number of esters is 2. The van der Waals surface area contributed by atoms with E-state index >= 15 is 0 Å². The monoisotopic (exact) mass is 920 g/mol. The average Bonchev–Trinajstić information content (AvgIpc) is 3.27. The van der Waals surface area contributed by atoms with Crippen LogP contribution in [0.5, 0.6) is 0 Å². The molecule has 0 aliphatic rings. The van der Waals surface area contributed by atoms with Gasteiger partial charge in [-0.15, -0.1) is 0 Å². The van der Waals surface area contributed by atoms with Gasteiger partial charge >= 0.3 is 25.7 Å². The lowest BCUT2D eigenvalue weighted by Gasteiger charge is -2.20. The van der Waals surface area contributed by atoms with Gasteiger partial charge < -0.3 is 25.2 Å². The van der Waals surface area contributed by atoms with Crippen LogP contribution < -0.4 is 5.73 Å². The zero-order valence-corrected chi connectivity index (χ0v) is 41.0. The first-order valence-electron chi connectivity index (χ1n) is 25.0. The van der Waals surface area contributed by atoms with Crippen LogP contribution in [-0.2, 0) is 37.5 Å². The number of allylic oxidation sites excluding steroid dienone is 12. The molecule has 3 atom stereocenters. The zero-order chi connectivity index (χ0) is 47.0. The summed E-state index contributed by atoms with van der Waals surface area (Å²) in [5.74, 6) is -2.42. The number of nitrogens with two attached hydrogens (primary N) is 1. The van der Waals surface area contributed by atoms with Crippen LogP contribution in [0.1, 0.15) is 206 Å². The minimum absolute atomic E-state index is 0.119. The zero-order valence-electron chi connectivity index (χ0n) is 40.1. The van der Waals surface area contributed by atoms with Crippen molar-refractivity contribution in [3.63, 3.8) is 0 Å². The van der Waals surface area contributed by atoms with Crippen LogP contribution >= 0.6 is 7.82 Å². The van der Waals surface area contributed by atoms with E-state index < -0.39 is 51.1 Å². The normalized spacial score (nSPS) is 14.2. The van der Waals surface area contributed by atoms with Crippen molar-refractivity contribution in [1.82, 2.24) is 0 Å². The number of hydrogen-bond acceptors (Lipinski definition) is 9. The summed E-state index contributed by atoms with van der Waals surface area (Å²) in [7, 11) is -4.74. The third kappa shape index (κ3) is 45.5. The van der Waals surface area contributed by atoms with Crippen molar-refractivity contribution in [1.29, 1.82) is 0 Å². The summed E-state index contributed by atoms with van der Waals surface area (Å²) in [5.41, 5.74) is 5.35. The summed E-state index contributed by atoms with van der Waals surface area (Å²) in [4.78, 5) is 46.1. The van der Waals surface area contributed by atoms with Crippen LogP contribution in [0.3, 0.4) is 0 Å². The van der Waals surface area contributed by atoms with Crippen molar-refractivity contribution in [3.8, 4) is 0 Å². The Morgan fingerprint density at radius 3 is 1.34 bits per heavy atom. The van der Waals surface area contributed by atoms with E-state index in [1.165, 1.54) is 96.3 Å². The third-order valence-electron chi connectivity index (χ3n) is 10.4. The second-order valence-electron chi connectivity index (χ2n) is 16.6. The molecule has 0 aliphatic heterocycles. The number of ether oxygens (including phenoxy) is 2. The number of rotatable bonds is 46. The van der Waals surface area contributed by atoms with Gasteiger partial charge in [0, 0.05) is 12.8 Å². The first-order chi connectivity index (χ1) is 31.1. The van der Waals surface area contributed by atoms with E-state index in [-0.39, 0.29) is 19.4 Å². The van der Waals surface area contributed by atoms with E-state index in [9.17, 15) is 23.8 Å². The maximum Gasteiger partial charge on any atom is 0.472 e. The smallest absolute Gasteiger partial charge is 0.472 e.